The van der Waals surface area contributed by atoms with Gasteiger partial charge in [0, 0.05) is 18.6 Å². The Morgan fingerprint density at radius 1 is 1.38 bits per heavy atom. The van der Waals surface area contributed by atoms with Gasteiger partial charge in [0.05, 0.1) is 19.3 Å². The number of fused-ring (bicyclic) bond motifs is 1. The van der Waals surface area contributed by atoms with Gasteiger partial charge in [-0.3, -0.25) is 0 Å². The monoisotopic (exact) mass is 336 g/mol. The van der Waals surface area contributed by atoms with Gasteiger partial charge in [0.25, 0.3) is 0 Å². The minimum Gasteiger partial charge on any atom is -0.494 e. The van der Waals surface area contributed by atoms with E-state index in [0.717, 1.165) is 32.3 Å². The molecule has 2 amide bonds. The van der Waals surface area contributed by atoms with E-state index in [1.165, 1.54) is 13.2 Å². The van der Waals surface area contributed by atoms with Crippen molar-refractivity contribution in [2.75, 3.05) is 13.7 Å². The summed E-state index contributed by atoms with van der Waals surface area (Å²) in [4.78, 5) is 12.3. The third kappa shape index (κ3) is 3.64. The van der Waals surface area contributed by atoms with Gasteiger partial charge in [-0.1, -0.05) is 6.07 Å². The largest absolute Gasteiger partial charge is 0.494 e. The van der Waals surface area contributed by atoms with Crippen molar-refractivity contribution in [3.63, 3.8) is 0 Å². The van der Waals surface area contributed by atoms with Gasteiger partial charge in [-0.2, -0.15) is 0 Å². The molecule has 2 aliphatic rings. The first-order valence-electron chi connectivity index (χ1n) is 8.60. The Kier molecular flexibility index (Phi) is 5.23. The number of amides is 2. The highest BCUT2D eigenvalue weighted by atomic mass is 19.1. The topological polar surface area (TPSA) is 59.6 Å². The molecular formula is C18H25FN2O3. The Bertz CT molecular complexity index is 596. The lowest BCUT2D eigenvalue weighted by Gasteiger charge is -2.33. The van der Waals surface area contributed by atoms with E-state index < -0.39 is 5.82 Å². The summed E-state index contributed by atoms with van der Waals surface area (Å²) in [6, 6.07) is 4.38. The van der Waals surface area contributed by atoms with E-state index in [4.69, 9.17) is 9.47 Å². The number of hydrogen-bond acceptors (Lipinski definition) is 3. The molecule has 4 unspecified atom stereocenters. The number of hydrogen-bond donors (Lipinski definition) is 2. The van der Waals surface area contributed by atoms with Crippen molar-refractivity contribution >= 4 is 6.03 Å². The molecule has 132 valence electrons. The smallest absolute Gasteiger partial charge is 0.315 e. The normalized spacial score (nSPS) is 27.2. The molecule has 1 aliphatic heterocycles. The number of ether oxygens (including phenoxy) is 2. The Balaban J connectivity index is 1.57. The number of benzene rings is 1. The van der Waals surface area contributed by atoms with Gasteiger partial charge in [0.15, 0.2) is 11.6 Å². The predicted molar refractivity (Wildman–Crippen MR) is 88.5 cm³/mol. The average Bonchev–Trinajstić information content (AvgIpc) is 3.04. The number of carbonyl (C=O) groups excluding carboxylic acids is 1. The van der Waals surface area contributed by atoms with E-state index in [-0.39, 0.29) is 30.0 Å². The summed E-state index contributed by atoms with van der Waals surface area (Å²) in [7, 11) is 1.43. The van der Waals surface area contributed by atoms with Crippen LogP contribution < -0.4 is 15.4 Å². The van der Waals surface area contributed by atoms with Crippen molar-refractivity contribution in [1.29, 1.82) is 0 Å². The highest BCUT2D eigenvalue weighted by Gasteiger charge is 2.38. The van der Waals surface area contributed by atoms with Crippen LogP contribution in [0, 0.1) is 11.7 Å². The molecule has 1 aromatic rings. The van der Waals surface area contributed by atoms with Crippen molar-refractivity contribution in [1.82, 2.24) is 10.6 Å². The highest BCUT2D eigenvalue weighted by Crippen LogP contribution is 2.34. The fourth-order valence-corrected chi connectivity index (χ4v) is 3.80. The molecule has 24 heavy (non-hydrogen) atoms. The van der Waals surface area contributed by atoms with Crippen LogP contribution in [0.1, 0.15) is 44.2 Å². The second kappa shape index (κ2) is 7.38. The minimum absolute atomic E-state index is 0.158. The van der Waals surface area contributed by atoms with Gasteiger partial charge in [0.2, 0.25) is 0 Å². The van der Waals surface area contributed by atoms with E-state index in [1.54, 1.807) is 12.1 Å². The molecule has 1 aliphatic carbocycles. The predicted octanol–water partition coefficient (Wildman–Crippen LogP) is 3.15. The average molecular weight is 336 g/mol. The fourth-order valence-electron chi connectivity index (χ4n) is 3.80. The summed E-state index contributed by atoms with van der Waals surface area (Å²) in [5.41, 5.74) is 0.703. The van der Waals surface area contributed by atoms with Crippen molar-refractivity contribution in [3.05, 3.63) is 29.6 Å². The van der Waals surface area contributed by atoms with Gasteiger partial charge >= 0.3 is 6.03 Å². The summed E-state index contributed by atoms with van der Waals surface area (Å²) in [6.07, 6.45) is 4.45. The van der Waals surface area contributed by atoms with Crippen LogP contribution in [0.5, 0.6) is 5.75 Å². The van der Waals surface area contributed by atoms with Crippen LogP contribution in [0.3, 0.4) is 0 Å². The van der Waals surface area contributed by atoms with Gasteiger partial charge in [-0.25, -0.2) is 9.18 Å². The van der Waals surface area contributed by atoms with Gasteiger partial charge in [-0.15, -0.1) is 0 Å². The Hall–Kier alpha value is -1.82. The zero-order chi connectivity index (χ0) is 17.1. The zero-order valence-electron chi connectivity index (χ0n) is 14.2. The van der Waals surface area contributed by atoms with Crippen LogP contribution in [0.15, 0.2) is 18.2 Å². The van der Waals surface area contributed by atoms with Crippen LogP contribution in [-0.2, 0) is 4.74 Å². The number of nitrogens with one attached hydrogen (secondary N) is 2. The van der Waals surface area contributed by atoms with Crippen molar-refractivity contribution < 1.29 is 18.7 Å². The molecule has 2 N–H and O–H groups in total. The first-order chi connectivity index (χ1) is 11.6. The Labute approximate surface area is 141 Å². The van der Waals surface area contributed by atoms with Gasteiger partial charge < -0.3 is 20.1 Å². The molecule has 0 radical (unpaired) electrons. The lowest BCUT2D eigenvalue weighted by atomic mass is 9.82. The molecule has 3 rings (SSSR count). The van der Waals surface area contributed by atoms with Crippen molar-refractivity contribution in [2.24, 2.45) is 5.92 Å². The van der Waals surface area contributed by atoms with E-state index in [1.807, 2.05) is 6.92 Å². The third-order valence-electron chi connectivity index (χ3n) is 5.12. The van der Waals surface area contributed by atoms with Gasteiger partial charge in [0.1, 0.15) is 0 Å². The van der Waals surface area contributed by atoms with E-state index in [2.05, 4.69) is 10.6 Å². The maximum absolute atomic E-state index is 13.8. The minimum atomic E-state index is -0.428. The molecule has 1 aromatic carbocycles. The number of carbonyl (C=O) groups is 1. The number of methoxy groups -OCH3 is 1. The molecule has 4 atom stereocenters. The first-order valence-corrected chi connectivity index (χ1v) is 8.60. The number of rotatable bonds is 4. The molecule has 1 saturated heterocycles. The molecule has 1 saturated carbocycles. The molecule has 0 bridgehead atoms. The highest BCUT2D eigenvalue weighted by molar-refractivity contribution is 5.74. The van der Waals surface area contributed by atoms with Crippen LogP contribution in [0.2, 0.25) is 0 Å². The molecule has 0 spiro atoms. The molecular weight excluding hydrogens is 311 g/mol. The maximum atomic E-state index is 13.8. The van der Waals surface area contributed by atoms with Crippen LogP contribution >= 0.6 is 0 Å². The second-order valence-corrected chi connectivity index (χ2v) is 6.63. The van der Waals surface area contributed by atoms with Crippen molar-refractivity contribution in [2.45, 2.75) is 50.8 Å². The van der Waals surface area contributed by atoms with E-state index in [9.17, 15) is 9.18 Å². The fraction of sp³-hybridized carbons (Fsp3) is 0.611. The Morgan fingerprint density at radius 2 is 2.21 bits per heavy atom. The summed E-state index contributed by atoms with van der Waals surface area (Å²) in [5.74, 6) is 0.186. The third-order valence-corrected chi connectivity index (χ3v) is 5.12. The SMILES string of the molecule is COc1ccc(C(C)NC(=O)NC2CCCC3OCCC23)cc1F. The first kappa shape index (κ1) is 17.0. The van der Waals surface area contributed by atoms with Crippen LogP contribution in [0.25, 0.3) is 0 Å². The van der Waals surface area contributed by atoms with Crippen molar-refractivity contribution in [3.8, 4) is 5.75 Å². The molecule has 0 aromatic heterocycles. The lowest BCUT2D eigenvalue weighted by molar-refractivity contribution is 0.0549. The van der Waals surface area contributed by atoms with Crippen LogP contribution in [-0.4, -0.2) is 31.9 Å². The summed E-state index contributed by atoms with van der Waals surface area (Å²) in [6.45, 7) is 2.62. The second-order valence-electron chi connectivity index (χ2n) is 6.63. The summed E-state index contributed by atoms with van der Waals surface area (Å²) < 4.78 is 24.4. The summed E-state index contributed by atoms with van der Waals surface area (Å²) >= 11 is 0. The molecule has 2 fully saturated rings. The maximum Gasteiger partial charge on any atom is 0.315 e. The zero-order valence-corrected chi connectivity index (χ0v) is 14.2. The lowest BCUT2D eigenvalue weighted by Crippen LogP contribution is -2.49. The van der Waals surface area contributed by atoms with E-state index in [0.29, 0.717) is 11.5 Å². The molecule has 6 heteroatoms. The molecule has 1 heterocycles. The van der Waals surface area contributed by atoms with Gasteiger partial charge in [-0.05, 0) is 50.3 Å². The number of halogens is 1. The summed E-state index contributed by atoms with van der Waals surface area (Å²) in [5, 5.41) is 5.97. The number of urea groups is 1. The van der Waals surface area contributed by atoms with Crippen LogP contribution in [0.4, 0.5) is 9.18 Å². The Morgan fingerprint density at radius 3 is 2.96 bits per heavy atom. The quantitative estimate of drug-likeness (QED) is 0.888. The van der Waals surface area contributed by atoms with E-state index >= 15 is 0 Å². The standard InChI is InChI=1S/C18H25FN2O3/c1-11(12-6-7-17(23-2)14(19)10-12)20-18(22)21-15-4-3-5-16-13(15)8-9-24-16/h6-7,10-11,13,15-16H,3-5,8-9H2,1-2H3,(H2,20,21,22). The molecule has 5 nitrogen and oxygen atoms in total.